The summed E-state index contributed by atoms with van der Waals surface area (Å²) in [5.74, 6) is 1.71. The van der Waals surface area contributed by atoms with Crippen molar-refractivity contribution in [2.24, 2.45) is 16.8 Å². The number of amides is 1. The highest BCUT2D eigenvalue weighted by molar-refractivity contribution is 6.30. The maximum absolute atomic E-state index is 13.5. The first-order valence-electron chi connectivity index (χ1n) is 12.3. The van der Waals surface area contributed by atoms with E-state index in [1.165, 1.54) is 5.57 Å². The van der Waals surface area contributed by atoms with Gasteiger partial charge in [-0.05, 0) is 73.2 Å². The third kappa shape index (κ3) is 4.55. The first-order valence-corrected chi connectivity index (χ1v) is 13.1. The lowest BCUT2D eigenvalue weighted by atomic mass is 9.69. The molecule has 5 atom stereocenters. The minimum absolute atomic E-state index is 0.00561. The van der Waals surface area contributed by atoms with E-state index >= 15 is 0 Å². The van der Waals surface area contributed by atoms with Gasteiger partial charge in [-0.2, -0.15) is 0 Å². The third-order valence-corrected chi connectivity index (χ3v) is 8.34. The van der Waals surface area contributed by atoms with Gasteiger partial charge in [-0.15, -0.1) is 11.6 Å². The molecule has 36 heavy (non-hydrogen) atoms. The van der Waals surface area contributed by atoms with E-state index in [1.54, 1.807) is 30.3 Å². The molecule has 1 saturated heterocycles. The van der Waals surface area contributed by atoms with Crippen LogP contribution in [0.4, 0.5) is 4.79 Å². The summed E-state index contributed by atoms with van der Waals surface area (Å²) in [6.45, 7) is 9.01. The predicted octanol–water partition coefficient (Wildman–Crippen LogP) is 7.25. The number of allylic oxidation sites excluding steroid dienone is 1. The first-order chi connectivity index (χ1) is 17.3. The molecule has 2 aliphatic heterocycles. The van der Waals surface area contributed by atoms with Crippen molar-refractivity contribution in [3.8, 4) is 11.5 Å². The van der Waals surface area contributed by atoms with Gasteiger partial charge in [-0.1, -0.05) is 49.4 Å². The van der Waals surface area contributed by atoms with Gasteiger partial charge in [0.25, 0.3) is 0 Å². The van der Waals surface area contributed by atoms with E-state index in [1.807, 2.05) is 29.2 Å². The molecular weight excluding hydrogens is 495 g/mol. The van der Waals surface area contributed by atoms with Crippen LogP contribution in [-0.2, 0) is 0 Å². The number of hydrogen-bond acceptors (Lipinski definition) is 4. The molecule has 5 unspecified atom stereocenters. The Balaban J connectivity index is 1.52. The summed E-state index contributed by atoms with van der Waals surface area (Å²) in [7, 11) is 0. The SMILES string of the molecule is C=CCOc1ccc(C2N(C(=O)Oc3ccc(Cl)cc3)CCC3C4=CC(Cl)C(C)CC4=NC32C)cc1. The van der Waals surface area contributed by atoms with Crippen LogP contribution < -0.4 is 9.47 Å². The minimum Gasteiger partial charge on any atom is -0.490 e. The van der Waals surface area contributed by atoms with Crippen molar-refractivity contribution >= 4 is 35.0 Å². The zero-order chi connectivity index (χ0) is 25.4. The summed E-state index contributed by atoms with van der Waals surface area (Å²) in [4.78, 5) is 20.7. The second-order valence-corrected chi connectivity index (χ2v) is 10.9. The molecule has 1 fully saturated rings. The normalized spacial score (nSPS) is 28.9. The Bertz CT molecular complexity index is 1210. The van der Waals surface area contributed by atoms with Gasteiger partial charge >= 0.3 is 6.09 Å². The zero-order valence-electron chi connectivity index (χ0n) is 20.5. The number of alkyl halides is 1. The van der Waals surface area contributed by atoms with Crippen molar-refractivity contribution in [2.45, 2.75) is 43.6 Å². The summed E-state index contributed by atoms with van der Waals surface area (Å²) < 4.78 is 11.5. The van der Waals surface area contributed by atoms with E-state index in [4.69, 9.17) is 37.7 Å². The number of likely N-dealkylation sites (tertiary alicyclic amines) is 1. The summed E-state index contributed by atoms with van der Waals surface area (Å²) in [6.07, 6.45) is 5.14. The number of aliphatic imine (C=N–C) groups is 1. The molecule has 7 heteroatoms. The lowest BCUT2D eigenvalue weighted by Crippen LogP contribution is -2.54. The van der Waals surface area contributed by atoms with Crippen LogP contribution in [0.1, 0.15) is 38.3 Å². The van der Waals surface area contributed by atoms with E-state index in [2.05, 4.69) is 26.5 Å². The second kappa shape index (κ2) is 9.95. The van der Waals surface area contributed by atoms with Crippen LogP contribution in [-0.4, -0.2) is 40.8 Å². The van der Waals surface area contributed by atoms with Crippen LogP contribution in [0, 0.1) is 11.8 Å². The quantitative estimate of drug-likeness (QED) is 0.305. The second-order valence-electron chi connectivity index (χ2n) is 9.96. The van der Waals surface area contributed by atoms with Gasteiger partial charge < -0.3 is 9.47 Å². The van der Waals surface area contributed by atoms with Crippen LogP contribution in [0.5, 0.6) is 11.5 Å². The van der Waals surface area contributed by atoms with Crippen molar-refractivity contribution in [2.75, 3.05) is 13.2 Å². The van der Waals surface area contributed by atoms with Gasteiger partial charge in [0.15, 0.2) is 0 Å². The fourth-order valence-corrected chi connectivity index (χ4v) is 6.12. The van der Waals surface area contributed by atoms with Crippen LogP contribution in [0.3, 0.4) is 0 Å². The van der Waals surface area contributed by atoms with Crippen molar-refractivity contribution in [1.29, 1.82) is 0 Å². The van der Waals surface area contributed by atoms with Gasteiger partial charge in [0.2, 0.25) is 0 Å². The highest BCUT2D eigenvalue weighted by atomic mass is 35.5. The lowest BCUT2D eigenvalue weighted by Gasteiger charge is -2.48. The van der Waals surface area contributed by atoms with E-state index in [9.17, 15) is 4.79 Å². The predicted molar refractivity (Wildman–Crippen MR) is 145 cm³/mol. The van der Waals surface area contributed by atoms with Gasteiger partial charge in [0, 0.05) is 23.2 Å². The van der Waals surface area contributed by atoms with Gasteiger partial charge in [-0.3, -0.25) is 9.89 Å². The molecular formula is C29H30Cl2N2O3. The molecule has 2 aromatic rings. The molecule has 5 nitrogen and oxygen atoms in total. The number of carbonyl (C=O) groups is 1. The summed E-state index contributed by atoms with van der Waals surface area (Å²) in [5.41, 5.74) is 2.82. The number of ether oxygens (including phenoxy) is 2. The molecule has 0 N–H and O–H groups in total. The number of benzene rings is 2. The largest absolute Gasteiger partial charge is 0.490 e. The summed E-state index contributed by atoms with van der Waals surface area (Å²) >= 11 is 12.7. The molecule has 0 saturated carbocycles. The lowest BCUT2D eigenvalue weighted by molar-refractivity contribution is 0.0572. The first kappa shape index (κ1) is 24.9. The number of hydrogen-bond donors (Lipinski definition) is 0. The molecule has 0 spiro atoms. The van der Waals surface area contributed by atoms with E-state index < -0.39 is 11.6 Å². The zero-order valence-corrected chi connectivity index (χ0v) is 22.0. The average molecular weight is 525 g/mol. The number of halogens is 2. The Morgan fingerprint density at radius 1 is 1.19 bits per heavy atom. The number of piperidine rings is 1. The van der Waals surface area contributed by atoms with Crippen molar-refractivity contribution in [3.63, 3.8) is 0 Å². The molecule has 1 aliphatic carbocycles. The average Bonchev–Trinajstić information content (AvgIpc) is 3.15. The molecule has 0 radical (unpaired) electrons. The van der Waals surface area contributed by atoms with Crippen molar-refractivity contribution in [3.05, 3.63) is 83.4 Å². The number of carbonyl (C=O) groups excluding carboxylic acids is 1. The number of fused-ring (bicyclic) bond motifs is 3. The molecule has 188 valence electrons. The van der Waals surface area contributed by atoms with Gasteiger partial charge in [0.05, 0.1) is 17.0 Å². The fraction of sp³-hybridized carbons (Fsp3) is 0.379. The van der Waals surface area contributed by atoms with Crippen LogP contribution in [0.2, 0.25) is 5.02 Å². The van der Waals surface area contributed by atoms with Crippen LogP contribution in [0.25, 0.3) is 0 Å². The summed E-state index contributed by atoms with van der Waals surface area (Å²) in [6, 6.07) is 14.4. The summed E-state index contributed by atoms with van der Waals surface area (Å²) in [5, 5.41) is 0.582. The van der Waals surface area contributed by atoms with Gasteiger partial charge in [0.1, 0.15) is 18.1 Å². The molecule has 3 aliphatic rings. The van der Waals surface area contributed by atoms with E-state index in [-0.39, 0.29) is 17.3 Å². The Morgan fingerprint density at radius 3 is 2.58 bits per heavy atom. The fourth-order valence-electron chi connectivity index (χ4n) is 5.77. The molecule has 0 aromatic heterocycles. The molecule has 1 amide bonds. The molecule has 2 heterocycles. The van der Waals surface area contributed by atoms with Crippen LogP contribution >= 0.6 is 23.2 Å². The maximum atomic E-state index is 13.5. The topological polar surface area (TPSA) is 51.1 Å². The number of rotatable bonds is 5. The Hall–Kier alpha value is -2.76. The molecule has 5 rings (SSSR count). The van der Waals surface area contributed by atoms with Crippen LogP contribution in [0.15, 0.2) is 77.8 Å². The standard InChI is InChI=1S/C29H30Cl2N2O3/c1-4-15-35-21-9-5-19(6-10-21)27-29(3)24(23-17-25(31)18(2)16-26(23)32-29)13-14-33(27)28(34)36-22-11-7-20(30)8-12-22/h4-12,17-18,24-25,27H,1,13-16H2,2-3H3. The van der Waals surface area contributed by atoms with Gasteiger partial charge in [-0.25, -0.2) is 4.79 Å². The molecule has 2 aromatic carbocycles. The highest BCUT2D eigenvalue weighted by Gasteiger charge is 2.56. The Labute approximate surface area is 222 Å². The van der Waals surface area contributed by atoms with Crippen molar-refractivity contribution < 1.29 is 14.3 Å². The van der Waals surface area contributed by atoms with E-state index in [0.29, 0.717) is 29.8 Å². The maximum Gasteiger partial charge on any atom is 0.415 e. The number of nitrogens with zero attached hydrogens (tertiary/aromatic N) is 2. The smallest absolute Gasteiger partial charge is 0.415 e. The van der Waals surface area contributed by atoms with E-state index in [0.717, 1.165) is 29.9 Å². The Morgan fingerprint density at radius 2 is 1.89 bits per heavy atom. The molecule has 0 bridgehead atoms. The third-order valence-electron chi connectivity index (χ3n) is 7.53. The highest BCUT2D eigenvalue weighted by Crippen LogP contribution is 2.54. The Kier molecular flexibility index (Phi) is 6.88. The monoisotopic (exact) mass is 524 g/mol. The van der Waals surface area contributed by atoms with Crippen molar-refractivity contribution in [1.82, 2.24) is 4.90 Å². The minimum atomic E-state index is -0.539.